The van der Waals surface area contributed by atoms with E-state index in [4.69, 9.17) is 0 Å². The zero-order valence-corrected chi connectivity index (χ0v) is 15.2. The Morgan fingerprint density at radius 2 is 2.40 bits per heavy atom. The van der Waals surface area contributed by atoms with E-state index < -0.39 is 0 Å². The van der Waals surface area contributed by atoms with Crippen LogP contribution in [0.2, 0.25) is 0 Å². The molecule has 2 aromatic rings. The number of halogens is 1. The Labute approximate surface area is 151 Å². The maximum absolute atomic E-state index is 13.2. The van der Waals surface area contributed by atoms with Gasteiger partial charge in [-0.2, -0.15) is 0 Å². The lowest BCUT2D eigenvalue weighted by atomic mass is 9.85. The van der Waals surface area contributed by atoms with Gasteiger partial charge in [-0.15, -0.1) is 11.3 Å². The maximum atomic E-state index is 13.2. The van der Waals surface area contributed by atoms with Crippen LogP contribution in [-0.4, -0.2) is 24.0 Å². The number of nitrogens with one attached hydrogen (secondary N) is 2. The SMILES string of the molecule is CC(CC(=O)Nc1ncc(Cc2cccc(F)c2)s1)C1CCCNC1. The summed E-state index contributed by atoms with van der Waals surface area (Å²) in [5.74, 6) is 0.713. The van der Waals surface area contributed by atoms with Gasteiger partial charge in [-0.05, 0) is 55.5 Å². The third-order valence-corrected chi connectivity index (χ3v) is 5.63. The van der Waals surface area contributed by atoms with E-state index in [0.29, 0.717) is 29.8 Å². The topological polar surface area (TPSA) is 54.0 Å². The van der Waals surface area contributed by atoms with Crippen molar-refractivity contribution in [3.05, 3.63) is 46.7 Å². The molecule has 0 saturated carbocycles. The lowest BCUT2D eigenvalue weighted by Gasteiger charge is -2.27. The molecule has 1 aliphatic rings. The molecule has 25 heavy (non-hydrogen) atoms. The van der Waals surface area contributed by atoms with Gasteiger partial charge < -0.3 is 10.6 Å². The van der Waals surface area contributed by atoms with E-state index in [0.717, 1.165) is 23.5 Å². The minimum absolute atomic E-state index is 0.0183. The number of thiazole rings is 1. The van der Waals surface area contributed by atoms with Gasteiger partial charge in [-0.1, -0.05) is 19.1 Å². The van der Waals surface area contributed by atoms with Crippen molar-refractivity contribution in [1.82, 2.24) is 10.3 Å². The van der Waals surface area contributed by atoms with E-state index in [1.165, 1.54) is 36.3 Å². The van der Waals surface area contributed by atoms with Crippen LogP contribution in [0, 0.1) is 17.7 Å². The number of piperidine rings is 1. The molecule has 2 heterocycles. The summed E-state index contributed by atoms with van der Waals surface area (Å²) in [4.78, 5) is 17.5. The molecule has 4 nitrogen and oxygen atoms in total. The molecule has 0 spiro atoms. The summed E-state index contributed by atoms with van der Waals surface area (Å²) in [7, 11) is 0. The van der Waals surface area contributed by atoms with Crippen LogP contribution in [0.15, 0.2) is 30.5 Å². The Hall–Kier alpha value is -1.79. The zero-order chi connectivity index (χ0) is 17.6. The second-order valence-electron chi connectivity index (χ2n) is 6.77. The molecule has 0 aliphatic carbocycles. The summed E-state index contributed by atoms with van der Waals surface area (Å²) in [5, 5.41) is 6.92. The Morgan fingerprint density at radius 3 is 3.16 bits per heavy atom. The van der Waals surface area contributed by atoms with Crippen molar-refractivity contribution in [3.63, 3.8) is 0 Å². The molecule has 2 unspecified atom stereocenters. The molecule has 134 valence electrons. The number of nitrogens with zero attached hydrogens (tertiary/aromatic N) is 1. The fraction of sp³-hybridized carbons (Fsp3) is 0.474. The highest BCUT2D eigenvalue weighted by atomic mass is 32.1. The lowest BCUT2D eigenvalue weighted by Crippen LogP contribution is -2.34. The molecule has 0 radical (unpaired) electrons. The number of carbonyl (C=O) groups excluding carboxylic acids is 1. The second kappa shape index (κ2) is 8.54. The Bertz CT molecular complexity index is 712. The Morgan fingerprint density at radius 1 is 1.52 bits per heavy atom. The van der Waals surface area contributed by atoms with Gasteiger partial charge in [-0.3, -0.25) is 4.79 Å². The maximum Gasteiger partial charge on any atom is 0.226 e. The van der Waals surface area contributed by atoms with Gasteiger partial charge >= 0.3 is 0 Å². The van der Waals surface area contributed by atoms with Gasteiger partial charge in [0.2, 0.25) is 5.91 Å². The van der Waals surface area contributed by atoms with Crippen LogP contribution in [0.5, 0.6) is 0 Å². The van der Waals surface area contributed by atoms with Crippen LogP contribution in [0.3, 0.4) is 0 Å². The fourth-order valence-corrected chi connectivity index (χ4v) is 4.15. The number of carbonyl (C=O) groups is 1. The molecule has 2 N–H and O–H groups in total. The molecule has 1 aromatic carbocycles. The smallest absolute Gasteiger partial charge is 0.226 e. The van der Waals surface area contributed by atoms with E-state index >= 15 is 0 Å². The first-order chi connectivity index (χ1) is 12.1. The van der Waals surface area contributed by atoms with E-state index in [1.807, 2.05) is 6.07 Å². The number of anilines is 1. The molecular formula is C19H24FN3OS. The highest BCUT2D eigenvalue weighted by Gasteiger charge is 2.22. The molecular weight excluding hydrogens is 337 g/mol. The van der Waals surface area contributed by atoms with Crippen LogP contribution < -0.4 is 10.6 Å². The van der Waals surface area contributed by atoms with Gasteiger partial charge in [0.25, 0.3) is 0 Å². The van der Waals surface area contributed by atoms with Crippen LogP contribution in [0.25, 0.3) is 0 Å². The van der Waals surface area contributed by atoms with Gasteiger partial charge in [0, 0.05) is 23.9 Å². The Kier molecular flexibility index (Phi) is 6.15. The third-order valence-electron chi connectivity index (χ3n) is 4.71. The molecule has 0 bridgehead atoms. The van der Waals surface area contributed by atoms with E-state index in [2.05, 4.69) is 22.5 Å². The van der Waals surface area contributed by atoms with Crippen molar-refractivity contribution in [3.8, 4) is 0 Å². The molecule has 2 atom stereocenters. The second-order valence-corrected chi connectivity index (χ2v) is 7.89. The molecule has 1 fully saturated rings. The van der Waals surface area contributed by atoms with Crippen molar-refractivity contribution < 1.29 is 9.18 Å². The molecule has 6 heteroatoms. The first-order valence-corrected chi connectivity index (χ1v) is 9.61. The number of hydrogen-bond donors (Lipinski definition) is 2. The highest BCUT2D eigenvalue weighted by Crippen LogP contribution is 2.25. The van der Waals surface area contributed by atoms with Crippen molar-refractivity contribution in [2.75, 3.05) is 18.4 Å². The molecule has 1 aromatic heterocycles. The predicted octanol–water partition coefficient (Wildman–Crippen LogP) is 3.84. The minimum atomic E-state index is -0.235. The van der Waals surface area contributed by atoms with Crippen LogP contribution >= 0.6 is 11.3 Å². The van der Waals surface area contributed by atoms with Crippen LogP contribution in [-0.2, 0) is 11.2 Å². The standard InChI is InChI=1S/C19H24FN3OS/c1-13(15-5-3-7-21-11-15)8-18(24)23-19-22-12-17(25-19)10-14-4-2-6-16(20)9-14/h2,4,6,9,12-13,15,21H,3,5,7-8,10-11H2,1H3,(H,22,23,24). The lowest BCUT2D eigenvalue weighted by molar-refractivity contribution is -0.117. The number of hydrogen-bond acceptors (Lipinski definition) is 4. The van der Waals surface area contributed by atoms with Crippen molar-refractivity contribution in [1.29, 1.82) is 0 Å². The highest BCUT2D eigenvalue weighted by molar-refractivity contribution is 7.15. The summed E-state index contributed by atoms with van der Waals surface area (Å²) < 4.78 is 13.2. The number of benzene rings is 1. The van der Waals surface area contributed by atoms with Crippen molar-refractivity contribution in [2.24, 2.45) is 11.8 Å². The summed E-state index contributed by atoms with van der Waals surface area (Å²) in [6.45, 7) is 4.24. The quantitative estimate of drug-likeness (QED) is 0.822. The average Bonchev–Trinajstić information content (AvgIpc) is 3.02. The largest absolute Gasteiger partial charge is 0.316 e. The molecule has 1 aliphatic heterocycles. The van der Waals surface area contributed by atoms with E-state index in [9.17, 15) is 9.18 Å². The Balaban J connectivity index is 1.51. The zero-order valence-electron chi connectivity index (χ0n) is 14.4. The van der Waals surface area contributed by atoms with Gasteiger partial charge in [0.1, 0.15) is 5.82 Å². The van der Waals surface area contributed by atoms with Crippen LogP contribution in [0.4, 0.5) is 9.52 Å². The first kappa shape index (κ1) is 18.0. The molecule has 1 amide bonds. The van der Waals surface area contributed by atoms with Gasteiger partial charge in [0.15, 0.2) is 5.13 Å². The summed E-state index contributed by atoms with van der Waals surface area (Å²) >= 11 is 1.45. The minimum Gasteiger partial charge on any atom is -0.316 e. The normalized spacial score (nSPS) is 18.7. The monoisotopic (exact) mass is 361 g/mol. The van der Waals surface area contributed by atoms with Crippen molar-refractivity contribution in [2.45, 2.75) is 32.6 Å². The molecule has 3 rings (SSSR count). The van der Waals surface area contributed by atoms with Gasteiger partial charge in [0.05, 0.1) is 0 Å². The summed E-state index contributed by atoms with van der Waals surface area (Å²) in [6.07, 6.45) is 5.27. The average molecular weight is 361 g/mol. The van der Waals surface area contributed by atoms with Crippen LogP contribution in [0.1, 0.15) is 36.6 Å². The third kappa shape index (κ3) is 5.34. The van der Waals surface area contributed by atoms with E-state index in [-0.39, 0.29) is 11.7 Å². The fourth-order valence-electron chi connectivity index (χ4n) is 3.29. The first-order valence-electron chi connectivity index (χ1n) is 8.80. The molecule has 1 saturated heterocycles. The van der Waals surface area contributed by atoms with Crippen molar-refractivity contribution >= 4 is 22.4 Å². The van der Waals surface area contributed by atoms with E-state index in [1.54, 1.807) is 12.3 Å². The number of rotatable bonds is 6. The summed E-state index contributed by atoms with van der Waals surface area (Å²) in [6, 6.07) is 6.56. The predicted molar refractivity (Wildman–Crippen MR) is 99.3 cm³/mol. The van der Waals surface area contributed by atoms with Gasteiger partial charge in [-0.25, -0.2) is 9.37 Å². The summed E-state index contributed by atoms with van der Waals surface area (Å²) in [5.41, 5.74) is 0.903. The number of amides is 1. The number of aromatic nitrogens is 1.